The number of imide groups is 1. The lowest BCUT2D eigenvalue weighted by Gasteiger charge is -2.23. The summed E-state index contributed by atoms with van der Waals surface area (Å²) in [5.74, 6) is -1.39. The van der Waals surface area contributed by atoms with E-state index >= 15 is 0 Å². The van der Waals surface area contributed by atoms with Gasteiger partial charge in [0, 0.05) is 24.7 Å². The SMILES string of the molecule is CN(C)S(=O)(=O)c1ccc(Cl)c(NC(=O)CN2C(=O)N[C@](C)(c3ccccc3Cl)C2=O)c1. The Kier molecular flexibility index (Phi) is 6.52. The van der Waals surface area contributed by atoms with Gasteiger partial charge in [0.1, 0.15) is 12.1 Å². The third-order valence-corrected chi connectivity index (χ3v) is 7.45. The summed E-state index contributed by atoms with van der Waals surface area (Å²) in [6.07, 6.45) is 0. The van der Waals surface area contributed by atoms with Gasteiger partial charge in [-0.3, -0.25) is 14.5 Å². The van der Waals surface area contributed by atoms with E-state index in [1.54, 1.807) is 24.3 Å². The molecule has 0 bridgehead atoms. The zero-order valence-corrected chi connectivity index (χ0v) is 19.7. The minimum Gasteiger partial charge on any atom is -0.323 e. The molecule has 1 aliphatic heterocycles. The topological polar surface area (TPSA) is 116 Å². The van der Waals surface area contributed by atoms with Gasteiger partial charge in [-0.25, -0.2) is 17.5 Å². The van der Waals surface area contributed by atoms with Crippen molar-refractivity contribution in [1.29, 1.82) is 0 Å². The molecule has 9 nitrogen and oxygen atoms in total. The Morgan fingerprint density at radius 2 is 1.78 bits per heavy atom. The molecule has 170 valence electrons. The van der Waals surface area contributed by atoms with E-state index in [2.05, 4.69) is 10.6 Å². The van der Waals surface area contributed by atoms with Crippen LogP contribution in [0, 0.1) is 0 Å². The van der Waals surface area contributed by atoms with Gasteiger partial charge < -0.3 is 10.6 Å². The fraction of sp³-hybridized carbons (Fsp3) is 0.250. The minimum atomic E-state index is -3.76. The van der Waals surface area contributed by atoms with Crippen molar-refractivity contribution in [3.8, 4) is 0 Å². The molecule has 0 spiro atoms. The number of urea groups is 1. The van der Waals surface area contributed by atoms with Crippen LogP contribution in [0.2, 0.25) is 10.0 Å². The summed E-state index contributed by atoms with van der Waals surface area (Å²) in [6, 6.07) is 9.65. The number of hydrogen-bond acceptors (Lipinski definition) is 5. The average molecular weight is 499 g/mol. The molecule has 1 atom stereocenters. The standard InChI is InChI=1S/C20H20Cl2N4O5S/c1-20(13-6-4-5-7-14(13)21)18(28)26(19(29)24-20)11-17(27)23-16-10-12(8-9-15(16)22)32(30,31)25(2)3/h4-10H,11H2,1-3H3,(H,23,27)(H,24,29)/t20-/m1/s1. The first-order chi connectivity index (χ1) is 14.9. The Bertz CT molecular complexity index is 1220. The molecule has 0 aromatic heterocycles. The van der Waals surface area contributed by atoms with Gasteiger partial charge in [-0.05, 0) is 31.2 Å². The van der Waals surface area contributed by atoms with Crippen molar-refractivity contribution >= 4 is 56.8 Å². The molecule has 12 heteroatoms. The van der Waals surface area contributed by atoms with Crippen molar-refractivity contribution in [2.45, 2.75) is 17.4 Å². The highest BCUT2D eigenvalue weighted by atomic mass is 35.5. The number of amides is 4. The smallest absolute Gasteiger partial charge is 0.323 e. The van der Waals surface area contributed by atoms with E-state index in [4.69, 9.17) is 23.2 Å². The Morgan fingerprint density at radius 1 is 1.12 bits per heavy atom. The summed E-state index contributed by atoms with van der Waals surface area (Å²) in [5.41, 5.74) is -1.01. The number of hydrogen-bond donors (Lipinski definition) is 2. The van der Waals surface area contributed by atoms with E-state index in [0.29, 0.717) is 10.6 Å². The van der Waals surface area contributed by atoms with Crippen molar-refractivity contribution in [3.05, 3.63) is 58.1 Å². The summed E-state index contributed by atoms with van der Waals surface area (Å²) in [7, 11) is -1.02. The van der Waals surface area contributed by atoms with E-state index in [1.165, 1.54) is 39.2 Å². The number of nitrogens with one attached hydrogen (secondary N) is 2. The summed E-state index contributed by atoms with van der Waals surface area (Å²) in [5, 5.41) is 5.41. The number of carbonyl (C=O) groups excluding carboxylic acids is 3. The first kappa shape index (κ1) is 24.0. The Labute approximate surface area is 195 Å². The second-order valence-corrected chi connectivity index (χ2v) is 10.4. The highest BCUT2D eigenvalue weighted by Gasteiger charge is 2.50. The van der Waals surface area contributed by atoms with Gasteiger partial charge in [0.15, 0.2) is 0 Å². The van der Waals surface area contributed by atoms with Crippen molar-refractivity contribution in [2.75, 3.05) is 26.0 Å². The molecule has 0 saturated carbocycles. The van der Waals surface area contributed by atoms with Gasteiger partial charge in [-0.2, -0.15) is 0 Å². The first-order valence-corrected chi connectivity index (χ1v) is 11.5. The van der Waals surface area contributed by atoms with Crippen LogP contribution in [-0.2, 0) is 25.2 Å². The number of rotatable bonds is 6. The highest BCUT2D eigenvalue weighted by Crippen LogP contribution is 2.33. The molecule has 0 radical (unpaired) electrons. The third kappa shape index (κ3) is 4.31. The summed E-state index contributed by atoms with van der Waals surface area (Å²) >= 11 is 12.3. The zero-order chi connectivity index (χ0) is 23.8. The van der Waals surface area contributed by atoms with Crippen molar-refractivity contribution < 1.29 is 22.8 Å². The van der Waals surface area contributed by atoms with E-state index in [-0.39, 0.29) is 15.6 Å². The van der Waals surface area contributed by atoms with Crippen LogP contribution in [0.1, 0.15) is 12.5 Å². The van der Waals surface area contributed by atoms with Crippen molar-refractivity contribution in [3.63, 3.8) is 0 Å². The molecule has 1 fully saturated rings. The van der Waals surface area contributed by atoms with Crippen LogP contribution in [0.5, 0.6) is 0 Å². The molecule has 3 rings (SSSR count). The normalized spacial score (nSPS) is 18.8. The minimum absolute atomic E-state index is 0.0283. The second kappa shape index (κ2) is 8.70. The van der Waals surface area contributed by atoms with Crippen LogP contribution in [0.3, 0.4) is 0 Å². The quantitative estimate of drug-likeness (QED) is 0.593. The molecular weight excluding hydrogens is 479 g/mol. The number of nitrogens with zero attached hydrogens (tertiary/aromatic N) is 2. The van der Waals surface area contributed by atoms with E-state index < -0.39 is 40.0 Å². The molecule has 0 aliphatic carbocycles. The summed E-state index contributed by atoms with van der Waals surface area (Å²) < 4.78 is 25.7. The molecule has 1 heterocycles. The van der Waals surface area contributed by atoms with Gasteiger partial charge in [0.2, 0.25) is 15.9 Å². The van der Waals surface area contributed by atoms with Crippen LogP contribution in [0.4, 0.5) is 10.5 Å². The Morgan fingerprint density at radius 3 is 2.41 bits per heavy atom. The van der Waals surface area contributed by atoms with E-state index in [1.807, 2.05) is 0 Å². The lowest BCUT2D eigenvalue weighted by Crippen LogP contribution is -2.42. The fourth-order valence-electron chi connectivity index (χ4n) is 3.19. The van der Waals surface area contributed by atoms with Crippen LogP contribution < -0.4 is 10.6 Å². The lowest BCUT2D eigenvalue weighted by molar-refractivity contribution is -0.133. The maximum Gasteiger partial charge on any atom is 0.325 e. The van der Waals surface area contributed by atoms with Crippen LogP contribution in [-0.4, -0.2) is 56.1 Å². The van der Waals surface area contributed by atoms with E-state index in [9.17, 15) is 22.8 Å². The van der Waals surface area contributed by atoms with Crippen molar-refractivity contribution in [1.82, 2.24) is 14.5 Å². The summed E-state index contributed by atoms with van der Waals surface area (Å²) in [6.45, 7) is 0.893. The highest BCUT2D eigenvalue weighted by molar-refractivity contribution is 7.89. The first-order valence-electron chi connectivity index (χ1n) is 9.29. The second-order valence-electron chi connectivity index (χ2n) is 7.40. The molecule has 2 N–H and O–H groups in total. The number of halogens is 2. The molecule has 1 aliphatic rings. The number of anilines is 1. The third-order valence-electron chi connectivity index (χ3n) is 4.98. The largest absolute Gasteiger partial charge is 0.325 e. The van der Waals surface area contributed by atoms with Gasteiger partial charge >= 0.3 is 6.03 Å². The lowest BCUT2D eigenvalue weighted by atomic mass is 9.92. The predicted octanol–water partition coefficient (Wildman–Crippen LogP) is 2.65. The van der Waals surface area contributed by atoms with E-state index in [0.717, 1.165) is 9.21 Å². The maximum atomic E-state index is 13.0. The van der Waals surface area contributed by atoms with Crippen LogP contribution in [0.15, 0.2) is 47.4 Å². The summed E-state index contributed by atoms with van der Waals surface area (Å²) in [4.78, 5) is 38.7. The molecule has 0 unspecified atom stereocenters. The van der Waals surface area contributed by atoms with Gasteiger partial charge in [0.05, 0.1) is 15.6 Å². The fourth-order valence-corrected chi connectivity index (χ4v) is 4.61. The monoisotopic (exact) mass is 498 g/mol. The molecule has 32 heavy (non-hydrogen) atoms. The van der Waals surface area contributed by atoms with Crippen LogP contribution in [0.25, 0.3) is 0 Å². The molecular formula is C20H20Cl2N4O5S. The number of carbonyl (C=O) groups is 3. The van der Waals surface area contributed by atoms with Gasteiger partial charge in [-0.15, -0.1) is 0 Å². The van der Waals surface area contributed by atoms with Crippen LogP contribution >= 0.6 is 23.2 Å². The zero-order valence-electron chi connectivity index (χ0n) is 17.3. The maximum absolute atomic E-state index is 13.0. The molecule has 1 saturated heterocycles. The van der Waals surface area contributed by atoms with Crippen molar-refractivity contribution in [2.24, 2.45) is 0 Å². The molecule has 2 aromatic rings. The molecule has 2 aromatic carbocycles. The van der Waals surface area contributed by atoms with Gasteiger partial charge in [-0.1, -0.05) is 41.4 Å². The Balaban J connectivity index is 1.81. The Hall–Kier alpha value is -2.66. The van der Waals surface area contributed by atoms with Gasteiger partial charge in [0.25, 0.3) is 5.91 Å². The predicted molar refractivity (Wildman–Crippen MR) is 120 cm³/mol. The number of sulfonamides is 1. The number of benzene rings is 2. The average Bonchev–Trinajstić information content (AvgIpc) is 2.93. The molecule has 4 amide bonds.